The molecule has 0 bridgehead atoms. The third kappa shape index (κ3) is 8.34. The number of aliphatic hydroxyl groups excluding tert-OH is 6. The molecular formula is C15H31NO8. The molecule has 0 radical (unpaired) electrons. The second-order valence-corrected chi connectivity index (χ2v) is 5.87. The summed E-state index contributed by atoms with van der Waals surface area (Å²) in [5.41, 5.74) is 0. The molecule has 0 spiro atoms. The molecule has 1 amide bonds. The normalized spacial score (nSPS) is 19.2. The number of carbonyl (C=O) groups excluding carboxylic acids is 1. The lowest BCUT2D eigenvalue weighted by Crippen LogP contribution is -2.50. The van der Waals surface area contributed by atoms with Crippen molar-refractivity contribution in [2.24, 2.45) is 5.92 Å². The first-order valence-corrected chi connectivity index (χ1v) is 8.06. The van der Waals surface area contributed by atoms with Gasteiger partial charge < -0.3 is 40.7 Å². The summed E-state index contributed by atoms with van der Waals surface area (Å²) in [4.78, 5) is 12.2. The summed E-state index contributed by atoms with van der Waals surface area (Å²) in [6.45, 7) is 0.900. The number of nitrogens with one attached hydrogen (secondary N) is 1. The van der Waals surface area contributed by atoms with E-state index in [0.717, 1.165) is 6.42 Å². The minimum absolute atomic E-state index is 0.111. The summed E-state index contributed by atoms with van der Waals surface area (Å²) >= 11 is 0. The Labute approximate surface area is 141 Å². The Kier molecular flexibility index (Phi) is 12.1. The molecule has 0 aliphatic carbocycles. The number of rotatable bonds is 13. The fourth-order valence-corrected chi connectivity index (χ4v) is 2.33. The van der Waals surface area contributed by atoms with Crippen LogP contribution in [0.15, 0.2) is 0 Å². The molecule has 6 atom stereocenters. The van der Waals surface area contributed by atoms with Gasteiger partial charge in [-0.2, -0.15) is 0 Å². The van der Waals surface area contributed by atoms with E-state index in [1.54, 1.807) is 0 Å². The first-order valence-electron chi connectivity index (χ1n) is 8.06. The number of ether oxygens (including phenoxy) is 1. The van der Waals surface area contributed by atoms with Gasteiger partial charge in [-0.1, -0.05) is 13.3 Å². The number of amides is 1. The van der Waals surface area contributed by atoms with Gasteiger partial charge in [-0.3, -0.25) is 4.79 Å². The van der Waals surface area contributed by atoms with Crippen LogP contribution in [0.4, 0.5) is 0 Å². The highest BCUT2D eigenvalue weighted by molar-refractivity contribution is 5.78. The molecule has 0 saturated heterocycles. The first kappa shape index (κ1) is 23.2. The van der Waals surface area contributed by atoms with E-state index in [9.17, 15) is 30.3 Å². The lowest BCUT2D eigenvalue weighted by atomic mass is 9.95. The van der Waals surface area contributed by atoms with E-state index in [1.165, 1.54) is 7.11 Å². The van der Waals surface area contributed by atoms with E-state index >= 15 is 0 Å². The van der Waals surface area contributed by atoms with Crippen molar-refractivity contribution in [2.45, 2.75) is 56.7 Å². The molecule has 7 N–H and O–H groups in total. The molecule has 0 aromatic rings. The molecule has 0 fully saturated rings. The van der Waals surface area contributed by atoms with E-state index in [1.807, 2.05) is 6.92 Å². The van der Waals surface area contributed by atoms with Gasteiger partial charge in [0.2, 0.25) is 5.91 Å². The molecule has 1 unspecified atom stereocenters. The monoisotopic (exact) mass is 353 g/mol. The van der Waals surface area contributed by atoms with Crippen LogP contribution in [0.3, 0.4) is 0 Å². The Morgan fingerprint density at radius 2 is 1.67 bits per heavy atom. The van der Waals surface area contributed by atoms with Gasteiger partial charge in [-0.15, -0.1) is 0 Å². The van der Waals surface area contributed by atoms with E-state index in [0.29, 0.717) is 6.42 Å². The van der Waals surface area contributed by atoms with Gasteiger partial charge >= 0.3 is 0 Å². The quantitative estimate of drug-likeness (QED) is 0.189. The van der Waals surface area contributed by atoms with E-state index in [2.05, 4.69) is 5.32 Å². The molecule has 0 aliphatic heterocycles. The summed E-state index contributed by atoms with van der Waals surface area (Å²) < 4.78 is 4.82. The van der Waals surface area contributed by atoms with Crippen LogP contribution in [0.5, 0.6) is 0 Å². The van der Waals surface area contributed by atoms with Gasteiger partial charge in [0, 0.05) is 19.6 Å². The predicted molar refractivity (Wildman–Crippen MR) is 85.0 cm³/mol. The molecule has 9 heteroatoms. The molecule has 0 rings (SSSR count). The standard InChI is InChI=1S/C15H31NO8/c1-3-4-9(5-10(18)8-24-2)15(23)16-6-11(19)13(21)14(22)12(20)7-17/h9-14,17-22H,3-8H2,1-2H3,(H,16,23)/t9?,10-,11+,12-,13-,14-/m1/s1. The molecule has 9 nitrogen and oxygen atoms in total. The van der Waals surface area contributed by atoms with Gasteiger partial charge in [-0.25, -0.2) is 0 Å². The smallest absolute Gasteiger partial charge is 0.223 e. The van der Waals surface area contributed by atoms with Crippen molar-refractivity contribution in [3.63, 3.8) is 0 Å². The zero-order chi connectivity index (χ0) is 18.7. The Hall–Kier alpha value is -0.810. The maximum atomic E-state index is 12.2. The fraction of sp³-hybridized carbons (Fsp3) is 0.933. The van der Waals surface area contributed by atoms with Crippen LogP contribution in [-0.2, 0) is 9.53 Å². The van der Waals surface area contributed by atoms with Crippen LogP contribution in [0.2, 0.25) is 0 Å². The van der Waals surface area contributed by atoms with Crippen molar-refractivity contribution in [2.75, 3.05) is 26.9 Å². The van der Waals surface area contributed by atoms with Gasteiger partial charge in [0.15, 0.2) is 0 Å². The third-order valence-corrected chi connectivity index (χ3v) is 3.73. The van der Waals surface area contributed by atoms with Crippen molar-refractivity contribution in [3.8, 4) is 0 Å². The summed E-state index contributed by atoms with van der Waals surface area (Å²) in [6, 6.07) is 0. The van der Waals surface area contributed by atoms with E-state index in [-0.39, 0.29) is 19.6 Å². The van der Waals surface area contributed by atoms with Crippen LogP contribution in [0.1, 0.15) is 26.2 Å². The van der Waals surface area contributed by atoms with Crippen molar-refractivity contribution in [1.82, 2.24) is 5.32 Å². The minimum Gasteiger partial charge on any atom is -0.394 e. The Balaban J connectivity index is 4.49. The number of aliphatic hydroxyl groups is 6. The van der Waals surface area contributed by atoms with Gasteiger partial charge in [-0.05, 0) is 12.8 Å². The van der Waals surface area contributed by atoms with Crippen LogP contribution in [-0.4, -0.2) is 93.9 Å². The molecule has 24 heavy (non-hydrogen) atoms. The van der Waals surface area contributed by atoms with Gasteiger partial charge in [0.05, 0.1) is 25.4 Å². The van der Waals surface area contributed by atoms with Crippen molar-refractivity contribution < 1.29 is 40.2 Å². The number of hydrogen-bond donors (Lipinski definition) is 7. The molecule has 0 aromatic heterocycles. The van der Waals surface area contributed by atoms with Crippen LogP contribution in [0.25, 0.3) is 0 Å². The summed E-state index contributed by atoms with van der Waals surface area (Å²) in [6.07, 6.45) is -5.89. The molecule has 144 valence electrons. The number of carbonyl (C=O) groups is 1. The van der Waals surface area contributed by atoms with E-state index < -0.39 is 49.0 Å². The zero-order valence-electron chi connectivity index (χ0n) is 14.2. The zero-order valence-corrected chi connectivity index (χ0v) is 14.2. The topological polar surface area (TPSA) is 160 Å². The summed E-state index contributed by atoms with van der Waals surface area (Å²) in [5, 5.41) is 59.1. The molecule has 0 saturated carbocycles. The number of hydrogen-bond acceptors (Lipinski definition) is 8. The first-order chi connectivity index (χ1) is 11.3. The van der Waals surface area contributed by atoms with Crippen molar-refractivity contribution in [3.05, 3.63) is 0 Å². The third-order valence-electron chi connectivity index (χ3n) is 3.73. The van der Waals surface area contributed by atoms with Crippen LogP contribution in [0, 0.1) is 5.92 Å². The Morgan fingerprint density at radius 3 is 2.17 bits per heavy atom. The fourth-order valence-electron chi connectivity index (χ4n) is 2.33. The largest absolute Gasteiger partial charge is 0.394 e. The highest BCUT2D eigenvalue weighted by Crippen LogP contribution is 2.15. The second kappa shape index (κ2) is 12.5. The van der Waals surface area contributed by atoms with Gasteiger partial charge in [0.25, 0.3) is 0 Å². The minimum atomic E-state index is -1.74. The van der Waals surface area contributed by atoms with Crippen molar-refractivity contribution >= 4 is 5.91 Å². The Bertz CT molecular complexity index is 343. The second-order valence-electron chi connectivity index (χ2n) is 5.87. The van der Waals surface area contributed by atoms with Gasteiger partial charge in [0.1, 0.15) is 18.3 Å². The highest BCUT2D eigenvalue weighted by atomic mass is 16.5. The van der Waals surface area contributed by atoms with E-state index in [4.69, 9.17) is 9.84 Å². The average molecular weight is 353 g/mol. The number of methoxy groups -OCH3 is 1. The predicted octanol–water partition coefficient (Wildman–Crippen LogP) is -2.65. The maximum absolute atomic E-state index is 12.2. The van der Waals surface area contributed by atoms with Crippen molar-refractivity contribution in [1.29, 1.82) is 0 Å². The highest BCUT2D eigenvalue weighted by Gasteiger charge is 2.30. The molecule has 0 heterocycles. The Morgan fingerprint density at radius 1 is 1.08 bits per heavy atom. The van der Waals surface area contributed by atoms with Crippen LogP contribution >= 0.6 is 0 Å². The lowest BCUT2D eigenvalue weighted by molar-refractivity contribution is -0.130. The molecule has 0 aromatic carbocycles. The summed E-state index contributed by atoms with van der Waals surface area (Å²) in [5.74, 6) is -0.868. The molecule has 0 aliphatic rings. The summed E-state index contributed by atoms with van der Waals surface area (Å²) in [7, 11) is 1.45. The van der Waals surface area contributed by atoms with Crippen LogP contribution < -0.4 is 5.32 Å². The molecular weight excluding hydrogens is 322 g/mol. The maximum Gasteiger partial charge on any atom is 0.223 e. The lowest BCUT2D eigenvalue weighted by Gasteiger charge is -2.26. The average Bonchev–Trinajstić information content (AvgIpc) is 2.56. The SMILES string of the molecule is CCCC(C[C@@H](O)COC)C(=O)NC[C@H](O)[C@@H](O)[C@H](O)[C@H](O)CO.